The molecule has 2 N–H and O–H groups in total. The highest BCUT2D eigenvalue weighted by atomic mass is 31.2. The molecule has 0 spiro atoms. The first-order valence-corrected chi connectivity index (χ1v) is 4.47. The van der Waals surface area contributed by atoms with Gasteiger partial charge in [-0.25, -0.2) is 0 Å². The summed E-state index contributed by atoms with van der Waals surface area (Å²) in [5.41, 5.74) is 0. The summed E-state index contributed by atoms with van der Waals surface area (Å²) in [6, 6.07) is 0. The lowest BCUT2D eigenvalue weighted by molar-refractivity contribution is -0.318. The van der Waals surface area contributed by atoms with Crippen molar-refractivity contribution in [3.63, 3.8) is 0 Å². The van der Waals surface area contributed by atoms with Gasteiger partial charge in [-0.3, -0.25) is 0 Å². The second kappa shape index (κ2) is 6.34. The summed E-state index contributed by atoms with van der Waals surface area (Å²) in [6.45, 7) is -0.347. The minimum absolute atomic E-state index is 0.151. The second-order valence-corrected chi connectivity index (χ2v) is 2.61. The van der Waals surface area contributed by atoms with Crippen molar-refractivity contribution in [1.29, 1.82) is 0 Å². The van der Waals surface area contributed by atoms with Gasteiger partial charge in [-0.2, -0.15) is 8.60 Å². The normalized spacial score (nSPS) is 11.4. The average molecular weight is 188 g/mol. The van der Waals surface area contributed by atoms with Crippen molar-refractivity contribution >= 4 is 17.2 Å². The lowest BCUT2D eigenvalue weighted by atomic mass is 10.8. The molecule has 0 aromatic carbocycles. The summed E-state index contributed by atoms with van der Waals surface area (Å²) in [5.74, 6) is 0. The Morgan fingerprint density at radius 3 is 2.00 bits per heavy atom. The lowest BCUT2D eigenvalue weighted by Crippen LogP contribution is -2.12. The highest BCUT2D eigenvalue weighted by Gasteiger charge is 1.96. The molecule has 0 aromatic rings. The summed E-state index contributed by atoms with van der Waals surface area (Å²) in [6.07, 6.45) is 0. The Hall–Kier alpha value is 0.620. The molecule has 0 aliphatic rings. The van der Waals surface area contributed by atoms with Crippen LogP contribution in [-0.4, -0.2) is 23.0 Å². The molecular weight excluding hydrogens is 182 g/mol. The van der Waals surface area contributed by atoms with Gasteiger partial charge in [-0.05, 0) is 0 Å². The zero-order valence-electron chi connectivity index (χ0n) is 4.84. The van der Waals surface area contributed by atoms with Gasteiger partial charge in [-0.1, -0.05) is 0 Å². The zero-order chi connectivity index (χ0) is 7.98. The Kier molecular flexibility index (Phi) is 6.73. The predicted molar refractivity (Wildman–Crippen MR) is 30.2 cm³/mol. The highest BCUT2D eigenvalue weighted by molar-refractivity contribution is 7.39. The van der Waals surface area contributed by atoms with E-state index in [0.717, 1.165) is 0 Å². The summed E-state index contributed by atoms with van der Waals surface area (Å²) >= 11 is 0. The molecule has 0 aliphatic heterocycles. The van der Waals surface area contributed by atoms with Crippen LogP contribution in [0.3, 0.4) is 0 Å². The van der Waals surface area contributed by atoms with Crippen molar-refractivity contribution in [2.45, 2.75) is 0 Å². The summed E-state index contributed by atoms with van der Waals surface area (Å²) in [7, 11) is -5.28. The third kappa shape index (κ3) is 8.62. The zero-order valence-corrected chi connectivity index (χ0v) is 6.62. The van der Waals surface area contributed by atoms with E-state index in [1.165, 1.54) is 0 Å². The van der Waals surface area contributed by atoms with Crippen molar-refractivity contribution in [3.8, 4) is 0 Å². The maximum atomic E-state index is 9.68. The van der Waals surface area contributed by atoms with Crippen LogP contribution in [0.25, 0.3) is 0 Å². The van der Waals surface area contributed by atoms with Gasteiger partial charge in [0.05, 0.1) is 13.2 Å². The molecule has 0 heterocycles. The molecule has 0 rings (SSSR count). The molecular formula is C2H6O6P2-2. The van der Waals surface area contributed by atoms with E-state index in [2.05, 4.69) is 9.05 Å². The molecule has 0 atom stereocenters. The van der Waals surface area contributed by atoms with Crippen molar-refractivity contribution < 1.29 is 28.6 Å². The van der Waals surface area contributed by atoms with E-state index in [0.29, 0.717) is 0 Å². The molecule has 0 aliphatic carbocycles. The van der Waals surface area contributed by atoms with Crippen LogP contribution in [0.5, 0.6) is 0 Å². The van der Waals surface area contributed by atoms with E-state index in [4.69, 9.17) is 9.79 Å². The average Bonchev–Trinajstić information content (AvgIpc) is 1.79. The quantitative estimate of drug-likeness (QED) is 0.388. The van der Waals surface area contributed by atoms with Gasteiger partial charge in [0.1, 0.15) is 0 Å². The summed E-state index contributed by atoms with van der Waals surface area (Å²) in [5, 5.41) is 0. The first-order chi connectivity index (χ1) is 4.63. The maximum Gasteiger partial charge on any atom is 0.327 e. The first kappa shape index (κ1) is 10.6. The van der Waals surface area contributed by atoms with Crippen molar-refractivity contribution in [2.75, 3.05) is 13.2 Å². The fourth-order valence-corrected chi connectivity index (χ4v) is 0.692. The molecule has 6 nitrogen and oxygen atoms in total. The fraction of sp³-hybridized carbons (Fsp3) is 1.00. The molecule has 0 amide bonds. The van der Waals surface area contributed by atoms with Gasteiger partial charge in [0.15, 0.2) is 0 Å². The number of rotatable bonds is 5. The molecule has 0 saturated carbocycles. The van der Waals surface area contributed by atoms with Gasteiger partial charge in [0.2, 0.25) is 0 Å². The van der Waals surface area contributed by atoms with Gasteiger partial charge in [0.25, 0.3) is 0 Å². The van der Waals surface area contributed by atoms with E-state index < -0.39 is 17.2 Å². The molecule has 0 fully saturated rings. The summed E-state index contributed by atoms with van der Waals surface area (Å²) in [4.78, 5) is 35.6. The van der Waals surface area contributed by atoms with E-state index in [1.54, 1.807) is 0 Å². The molecule has 0 aromatic heterocycles. The van der Waals surface area contributed by atoms with Crippen molar-refractivity contribution in [3.05, 3.63) is 0 Å². The van der Waals surface area contributed by atoms with E-state index >= 15 is 0 Å². The standard InChI is InChI=1S/C2H6O6P2/c3-9(4)7-1-2-8-10(5)6/h3-4H,1-2H2/q-2. The predicted octanol–water partition coefficient (Wildman–Crippen LogP) is -1.82. The molecule has 8 heteroatoms. The van der Waals surface area contributed by atoms with Crippen LogP contribution in [-0.2, 0) is 9.05 Å². The number of hydrogen-bond donors (Lipinski definition) is 2. The Balaban J connectivity index is 2.91. The summed E-state index contributed by atoms with van der Waals surface area (Å²) < 4.78 is 8.18. The topological polar surface area (TPSA) is 105 Å². The SMILES string of the molecule is [O-]P([O-])OCCOP(O)O. The Morgan fingerprint density at radius 1 is 1.10 bits per heavy atom. The fourth-order valence-electron chi connectivity index (χ4n) is 0.231. The monoisotopic (exact) mass is 188 g/mol. The molecule has 62 valence electrons. The Labute approximate surface area is 60.0 Å². The van der Waals surface area contributed by atoms with Crippen molar-refractivity contribution in [2.24, 2.45) is 0 Å². The van der Waals surface area contributed by atoms with Gasteiger partial charge >= 0.3 is 8.60 Å². The highest BCUT2D eigenvalue weighted by Crippen LogP contribution is 2.24. The van der Waals surface area contributed by atoms with Crippen LogP contribution < -0.4 is 9.79 Å². The molecule has 0 saturated heterocycles. The van der Waals surface area contributed by atoms with Gasteiger partial charge < -0.3 is 28.6 Å². The van der Waals surface area contributed by atoms with Crippen LogP contribution in [0.4, 0.5) is 0 Å². The largest absolute Gasteiger partial charge is 0.820 e. The minimum atomic E-state index is -2.87. The first-order valence-electron chi connectivity index (χ1n) is 2.21. The molecule has 10 heavy (non-hydrogen) atoms. The van der Waals surface area contributed by atoms with Crippen LogP contribution in [0, 0.1) is 0 Å². The molecule has 0 unspecified atom stereocenters. The smallest absolute Gasteiger partial charge is 0.327 e. The van der Waals surface area contributed by atoms with Gasteiger partial charge in [-0.15, -0.1) is 0 Å². The second-order valence-electron chi connectivity index (χ2n) is 1.14. The van der Waals surface area contributed by atoms with Crippen LogP contribution in [0.2, 0.25) is 0 Å². The molecule has 0 bridgehead atoms. The third-order valence-corrected chi connectivity index (χ3v) is 1.29. The van der Waals surface area contributed by atoms with Crippen molar-refractivity contribution in [1.82, 2.24) is 0 Å². The van der Waals surface area contributed by atoms with E-state index in [-0.39, 0.29) is 13.2 Å². The van der Waals surface area contributed by atoms with E-state index in [9.17, 15) is 9.79 Å². The number of hydrogen-bond acceptors (Lipinski definition) is 6. The van der Waals surface area contributed by atoms with Gasteiger partial charge in [0, 0.05) is 0 Å². The molecule has 0 radical (unpaired) electrons. The van der Waals surface area contributed by atoms with Crippen LogP contribution >= 0.6 is 17.2 Å². The van der Waals surface area contributed by atoms with Crippen LogP contribution in [0.1, 0.15) is 0 Å². The Bertz CT molecular complexity index is 66.1. The minimum Gasteiger partial charge on any atom is -0.820 e. The van der Waals surface area contributed by atoms with Crippen LogP contribution in [0.15, 0.2) is 0 Å². The van der Waals surface area contributed by atoms with E-state index in [1.807, 2.05) is 0 Å². The Morgan fingerprint density at radius 2 is 1.60 bits per heavy atom. The third-order valence-electron chi connectivity index (χ3n) is 0.487. The maximum absolute atomic E-state index is 9.68. The lowest BCUT2D eigenvalue weighted by Gasteiger charge is -2.28.